The van der Waals surface area contributed by atoms with Crippen LogP contribution in [0.3, 0.4) is 0 Å². The lowest BCUT2D eigenvalue weighted by atomic mass is 9.75. The maximum absolute atomic E-state index is 6.02. The second-order valence-electron chi connectivity index (χ2n) is 6.57. The molecule has 0 aliphatic heterocycles. The van der Waals surface area contributed by atoms with Crippen LogP contribution in [0.1, 0.15) is 50.7 Å². The largest absolute Gasteiger partial charge is 0.355 e. The molecule has 0 radical (unpaired) electrons. The molecule has 0 amide bonds. The highest BCUT2D eigenvalue weighted by atomic mass is 35.5. The molecule has 0 atom stereocenters. The predicted molar refractivity (Wildman–Crippen MR) is 81.0 cm³/mol. The summed E-state index contributed by atoms with van der Waals surface area (Å²) in [4.78, 5) is 2.29. The van der Waals surface area contributed by atoms with Crippen LogP contribution >= 0.6 is 11.6 Å². The second-order valence-corrected chi connectivity index (χ2v) is 6.93. The van der Waals surface area contributed by atoms with E-state index in [9.17, 15) is 0 Å². The predicted octanol–water partition coefficient (Wildman–Crippen LogP) is 4.15. The highest BCUT2D eigenvalue weighted by molar-refractivity contribution is 6.30. The molecule has 1 aromatic rings. The smallest absolute Gasteiger partial charge is 0.155 e. The monoisotopic (exact) mass is 281 g/mol. The Hall–Kier alpha value is -0.830. The number of rotatable bonds is 2. The molecule has 4 heteroatoms. The minimum absolute atomic E-state index is 0.494. The zero-order valence-corrected chi connectivity index (χ0v) is 13.4. The minimum Gasteiger partial charge on any atom is -0.355 e. The van der Waals surface area contributed by atoms with E-state index in [4.69, 9.17) is 11.6 Å². The van der Waals surface area contributed by atoms with Crippen molar-refractivity contribution in [3.05, 3.63) is 16.3 Å². The van der Waals surface area contributed by atoms with Gasteiger partial charge in [-0.15, -0.1) is 10.2 Å². The van der Waals surface area contributed by atoms with Crippen LogP contribution in [0, 0.1) is 19.3 Å². The topological polar surface area (TPSA) is 29.0 Å². The third kappa shape index (κ3) is 3.02. The zero-order chi connectivity index (χ0) is 14.2. The van der Waals surface area contributed by atoms with Crippen LogP contribution in [0.4, 0.5) is 5.82 Å². The summed E-state index contributed by atoms with van der Waals surface area (Å²) in [5.74, 6) is 0.978. The van der Waals surface area contributed by atoms with Gasteiger partial charge in [0.15, 0.2) is 11.0 Å². The van der Waals surface area contributed by atoms with Crippen molar-refractivity contribution in [1.82, 2.24) is 10.2 Å². The first kappa shape index (κ1) is 14.6. The molecule has 0 N–H and O–H groups in total. The Balaban J connectivity index is 2.17. The third-order valence-corrected chi connectivity index (χ3v) is 4.99. The summed E-state index contributed by atoms with van der Waals surface area (Å²) in [5, 5.41) is 8.87. The highest BCUT2D eigenvalue weighted by Gasteiger charge is 2.30. The lowest BCUT2D eigenvalue weighted by Crippen LogP contribution is -2.38. The lowest BCUT2D eigenvalue weighted by Gasteiger charge is -2.39. The summed E-state index contributed by atoms with van der Waals surface area (Å²) in [5.41, 5.74) is 2.68. The molecule has 1 heterocycles. The average molecular weight is 282 g/mol. The summed E-state index contributed by atoms with van der Waals surface area (Å²) in [7, 11) is 2.13. The fourth-order valence-electron chi connectivity index (χ4n) is 2.84. The fraction of sp³-hybridized carbons (Fsp3) is 0.733. The molecule has 0 unspecified atom stereocenters. The van der Waals surface area contributed by atoms with Gasteiger partial charge in [0, 0.05) is 13.1 Å². The first-order valence-corrected chi connectivity index (χ1v) is 7.42. The van der Waals surface area contributed by atoms with Gasteiger partial charge in [-0.05, 0) is 56.1 Å². The maximum atomic E-state index is 6.02. The Morgan fingerprint density at radius 3 is 2.26 bits per heavy atom. The number of anilines is 1. The first-order chi connectivity index (χ1) is 8.82. The Kier molecular flexibility index (Phi) is 4.05. The molecule has 1 aliphatic rings. The Labute approximate surface area is 121 Å². The van der Waals surface area contributed by atoms with E-state index in [1.165, 1.54) is 25.7 Å². The molecule has 2 rings (SSSR count). The molecule has 1 aromatic heterocycles. The molecule has 3 nitrogen and oxygen atoms in total. The van der Waals surface area contributed by atoms with Gasteiger partial charge < -0.3 is 4.90 Å². The van der Waals surface area contributed by atoms with E-state index >= 15 is 0 Å². The molecule has 106 valence electrons. The normalized spacial score (nSPS) is 19.5. The van der Waals surface area contributed by atoms with Crippen molar-refractivity contribution >= 4 is 17.4 Å². The van der Waals surface area contributed by atoms with Crippen LogP contribution in [0.2, 0.25) is 5.15 Å². The number of nitrogens with zero attached hydrogens (tertiary/aromatic N) is 3. The van der Waals surface area contributed by atoms with Gasteiger partial charge in [-0.25, -0.2) is 0 Å². The van der Waals surface area contributed by atoms with Crippen molar-refractivity contribution in [2.75, 3.05) is 11.9 Å². The molecular formula is C15H24ClN3. The molecule has 1 fully saturated rings. The number of aromatic nitrogens is 2. The number of hydrogen-bond acceptors (Lipinski definition) is 3. The minimum atomic E-state index is 0.494. The van der Waals surface area contributed by atoms with E-state index in [1.807, 2.05) is 6.92 Å². The summed E-state index contributed by atoms with van der Waals surface area (Å²) >= 11 is 6.02. The Morgan fingerprint density at radius 2 is 1.68 bits per heavy atom. The molecular weight excluding hydrogens is 258 g/mol. The third-order valence-electron chi connectivity index (χ3n) is 4.63. The van der Waals surface area contributed by atoms with E-state index in [0.717, 1.165) is 16.9 Å². The second kappa shape index (κ2) is 5.28. The van der Waals surface area contributed by atoms with E-state index in [-0.39, 0.29) is 0 Å². The standard InChI is InChI=1S/C15H24ClN3/c1-10-11(2)14(18-17-13(10)16)19(5)12-6-8-15(3,4)9-7-12/h12H,6-9H2,1-5H3. The molecule has 1 saturated carbocycles. The van der Waals surface area contributed by atoms with Crippen molar-refractivity contribution in [2.24, 2.45) is 5.41 Å². The summed E-state index contributed by atoms with van der Waals surface area (Å²) in [6, 6.07) is 0.571. The molecule has 1 aliphatic carbocycles. The highest BCUT2D eigenvalue weighted by Crippen LogP contribution is 2.38. The van der Waals surface area contributed by atoms with Gasteiger partial charge in [0.05, 0.1) is 0 Å². The SMILES string of the molecule is Cc1c(Cl)nnc(N(C)C2CCC(C)(C)CC2)c1C. The summed E-state index contributed by atoms with van der Waals surface area (Å²) in [6.07, 6.45) is 5.01. The van der Waals surface area contributed by atoms with Crippen molar-refractivity contribution in [3.8, 4) is 0 Å². The van der Waals surface area contributed by atoms with Crippen molar-refractivity contribution in [1.29, 1.82) is 0 Å². The van der Waals surface area contributed by atoms with Crippen molar-refractivity contribution < 1.29 is 0 Å². The number of hydrogen-bond donors (Lipinski definition) is 0. The molecule has 0 bridgehead atoms. The van der Waals surface area contributed by atoms with Crippen LogP contribution in [-0.2, 0) is 0 Å². The van der Waals surface area contributed by atoms with Crippen LogP contribution < -0.4 is 4.90 Å². The van der Waals surface area contributed by atoms with E-state index in [1.54, 1.807) is 0 Å². The van der Waals surface area contributed by atoms with Gasteiger partial charge in [-0.2, -0.15) is 0 Å². The van der Waals surface area contributed by atoms with Gasteiger partial charge >= 0.3 is 0 Å². The molecule has 0 aromatic carbocycles. The van der Waals surface area contributed by atoms with E-state index in [0.29, 0.717) is 16.6 Å². The fourth-order valence-corrected chi connectivity index (χ4v) is 3.02. The van der Waals surface area contributed by atoms with Crippen molar-refractivity contribution in [2.45, 2.75) is 59.4 Å². The van der Waals surface area contributed by atoms with Crippen LogP contribution in [0.5, 0.6) is 0 Å². The van der Waals surface area contributed by atoms with Gasteiger partial charge in [0.2, 0.25) is 0 Å². The Bertz CT molecular complexity index is 461. The van der Waals surface area contributed by atoms with Gasteiger partial charge in [0.1, 0.15) is 0 Å². The van der Waals surface area contributed by atoms with Gasteiger partial charge in [-0.3, -0.25) is 0 Å². The quantitative estimate of drug-likeness (QED) is 0.815. The van der Waals surface area contributed by atoms with Crippen LogP contribution in [-0.4, -0.2) is 23.3 Å². The summed E-state index contributed by atoms with van der Waals surface area (Å²) < 4.78 is 0. The van der Waals surface area contributed by atoms with Crippen LogP contribution in [0.25, 0.3) is 0 Å². The van der Waals surface area contributed by atoms with Gasteiger partial charge in [-0.1, -0.05) is 25.4 Å². The Morgan fingerprint density at radius 1 is 1.11 bits per heavy atom. The summed E-state index contributed by atoms with van der Waals surface area (Å²) in [6.45, 7) is 8.81. The van der Waals surface area contributed by atoms with Crippen molar-refractivity contribution in [3.63, 3.8) is 0 Å². The first-order valence-electron chi connectivity index (χ1n) is 7.04. The lowest BCUT2D eigenvalue weighted by molar-refractivity contribution is 0.222. The molecule has 0 saturated heterocycles. The molecule has 0 spiro atoms. The van der Waals surface area contributed by atoms with E-state index < -0.39 is 0 Å². The number of halogens is 1. The van der Waals surface area contributed by atoms with Gasteiger partial charge in [0.25, 0.3) is 0 Å². The van der Waals surface area contributed by atoms with Crippen LogP contribution in [0.15, 0.2) is 0 Å². The zero-order valence-electron chi connectivity index (χ0n) is 12.6. The van der Waals surface area contributed by atoms with E-state index in [2.05, 4.69) is 42.9 Å². The molecule has 19 heavy (non-hydrogen) atoms. The average Bonchev–Trinajstić information content (AvgIpc) is 2.35. The maximum Gasteiger partial charge on any atom is 0.155 e.